The van der Waals surface area contributed by atoms with Crippen molar-refractivity contribution in [3.05, 3.63) is 0 Å². The van der Waals surface area contributed by atoms with Crippen LogP contribution in [0.5, 0.6) is 0 Å². The lowest BCUT2D eigenvalue weighted by Gasteiger charge is -2.22. The molecule has 1 aliphatic heterocycles. The molecule has 74 valence electrons. The minimum atomic E-state index is -1.46. The lowest BCUT2D eigenvalue weighted by molar-refractivity contribution is -0.150. The number of carbonyl (C=O) groups excluding carboxylic acids is 1. The summed E-state index contributed by atoms with van der Waals surface area (Å²) in [7, 11) is 0. The Morgan fingerprint density at radius 2 is 2.31 bits per heavy atom. The summed E-state index contributed by atoms with van der Waals surface area (Å²) in [6.07, 6.45) is 1.81. The molecule has 0 bridgehead atoms. The number of nitrogens with one attached hydrogen (secondary N) is 1. The molecule has 1 unspecified atom stereocenters. The number of rotatable bonds is 2. The molecule has 2 N–H and O–H groups in total. The number of carbonyl (C=O) groups is 2. The van der Waals surface area contributed by atoms with Gasteiger partial charge in [-0.3, -0.25) is 4.79 Å². The SMILES string of the molecule is CC1(CNC(=O)C(=O)O)CCCO1. The molecule has 1 aliphatic rings. The van der Waals surface area contributed by atoms with Gasteiger partial charge in [-0.05, 0) is 19.8 Å². The molecule has 0 spiro atoms. The summed E-state index contributed by atoms with van der Waals surface area (Å²) < 4.78 is 5.36. The van der Waals surface area contributed by atoms with Gasteiger partial charge in [0.05, 0.1) is 5.60 Å². The molecule has 1 amide bonds. The van der Waals surface area contributed by atoms with Crippen molar-refractivity contribution >= 4 is 11.9 Å². The fourth-order valence-electron chi connectivity index (χ4n) is 1.32. The average Bonchev–Trinajstić information content (AvgIpc) is 2.48. The lowest BCUT2D eigenvalue weighted by Crippen LogP contribution is -2.42. The van der Waals surface area contributed by atoms with E-state index in [1.807, 2.05) is 6.92 Å². The lowest BCUT2D eigenvalue weighted by atomic mass is 10.0. The predicted octanol–water partition coefficient (Wildman–Crippen LogP) is -0.244. The second-order valence-electron chi connectivity index (χ2n) is 3.39. The summed E-state index contributed by atoms with van der Waals surface area (Å²) in [5.41, 5.74) is -0.384. The van der Waals surface area contributed by atoms with E-state index in [0.717, 1.165) is 12.8 Å². The zero-order valence-corrected chi connectivity index (χ0v) is 7.50. The molecule has 0 saturated carbocycles. The Bertz CT molecular complexity index is 220. The normalized spacial score (nSPS) is 27.2. The van der Waals surface area contributed by atoms with Crippen LogP contribution in [0.4, 0.5) is 0 Å². The highest BCUT2D eigenvalue weighted by atomic mass is 16.5. The largest absolute Gasteiger partial charge is 0.474 e. The van der Waals surface area contributed by atoms with E-state index in [1.165, 1.54) is 0 Å². The zero-order chi connectivity index (χ0) is 9.90. The number of carboxylic acids is 1. The van der Waals surface area contributed by atoms with Gasteiger partial charge in [0.25, 0.3) is 0 Å². The summed E-state index contributed by atoms with van der Waals surface area (Å²) >= 11 is 0. The van der Waals surface area contributed by atoms with E-state index in [-0.39, 0.29) is 12.1 Å². The highest BCUT2D eigenvalue weighted by Gasteiger charge is 2.30. The molecule has 1 fully saturated rings. The first kappa shape index (κ1) is 9.98. The van der Waals surface area contributed by atoms with E-state index in [1.54, 1.807) is 0 Å². The standard InChI is InChI=1S/C8H13NO4/c1-8(3-2-4-13-8)5-9-6(10)7(11)12/h2-5H2,1H3,(H,9,10)(H,11,12). The molecule has 0 aromatic rings. The summed E-state index contributed by atoms with van der Waals surface area (Å²) in [6.45, 7) is 2.81. The average molecular weight is 187 g/mol. The maximum Gasteiger partial charge on any atom is 0.394 e. The number of carboxylic acid groups (broad SMARTS) is 1. The molecule has 0 radical (unpaired) electrons. The third-order valence-electron chi connectivity index (χ3n) is 2.12. The van der Waals surface area contributed by atoms with Crippen molar-refractivity contribution in [3.8, 4) is 0 Å². The van der Waals surface area contributed by atoms with Crippen molar-refractivity contribution in [3.63, 3.8) is 0 Å². The van der Waals surface area contributed by atoms with Crippen LogP contribution in [0.25, 0.3) is 0 Å². The minimum Gasteiger partial charge on any atom is -0.474 e. The van der Waals surface area contributed by atoms with Gasteiger partial charge in [0.15, 0.2) is 0 Å². The maximum atomic E-state index is 10.7. The van der Waals surface area contributed by atoms with Crippen molar-refractivity contribution in [2.24, 2.45) is 0 Å². The summed E-state index contributed by atoms with van der Waals surface area (Å²) in [4.78, 5) is 20.8. The molecule has 1 heterocycles. The number of hydrogen-bond donors (Lipinski definition) is 2. The van der Waals surface area contributed by atoms with Crippen LogP contribution >= 0.6 is 0 Å². The molecule has 1 rings (SSSR count). The minimum absolute atomic E-state index is 0.262. The van der Waals surface area contributed by atoms with Crippen LogP contribution in [0.3, 0.4) is 0 Å². The van der Waals surface area contributed by atoms with Gasteiger partial charge in [0.2, 0.25) is 0 Å². The number of hydrogen-bond acceptors (Lipinski definition) is 3. The fourth-order valence-corrected chi connectivity index (χ4v) is 1.32. The van der Waals surface area contributed by atoms with Gasteiger partial charge in [-0.2, -0.15) is 0 Å². The Hall–Kier alpha value is -1.10. The van der Waals surface area contributed by atoms with Crippen LogP contribution < -0.4 is 5.32 Å². The van der Waals surface area contributed by atoms with Crippen molar-refractivity contribution in [2.75, 3.05) is 13.2 Å². The Morgan fingerprint density at radius 3 is 2.77 bits per heavy atom. The molecule has 5 nitrogen and oxygen atoms in total. The van der Waals surface area contributed by atoms with Gasteiger partial charge < -0.3 is 15.2 Å². The van der Waals surface area contributed by atoms with Crippen molar-refractivity contribution < 1.29 is 19.4 Å². The van der Waals surface area contributed by atoms with E-state index in [9.17, 15) is 9.59 Å². The van der Waals surface area contributed by atoms with Crippen LogP contribution in [-0.2, 0) is 14.3 Å². The second-order valence-corrected chi connectivity index (χ2v) is 3.39. The van der Waals surface area contributed by atoms with Crippen molar-refractivity contribution in [1.29, 1.82) is 0 Å². The van der Waals surface area contributed by atoms with Crippen molar-refractivity contribution in [2.45, 2.75) is 25.4 Å². The topological polar surface area (TPSA) is 75.6 Å². The first-order valence-corrected chi connectivity index (χ1v) is 4.19. The van der Waals surface area contributed by atoms with E-state index in [2.05, 4.69) is 5.32 Å². The van der Waals surface area contributed by atoms with Gasteiger partial charge in [-0.1, -0.05) is 0 Å². The molecule has 5 heteroatoms. The Morgan fingerprint density at radius 1 is 1.62 bits per heavy atom. The van der Waals surface area contributed by atoms with E-state index < -0.39 is 11.9 Å². The third-order valence-corrected chi connectivity index (χ3v) is 2.12. The van der Waals surface area contributed by atoms with Gasteiger partial charge >= 0.3 is 11.9 Å². The number of amides is 1. The molecule has 13 heavy (non-hydrogen) atoms. The number of aliphatic carboxylic acids is 1. The molecule has 1 saturated heterocycles. The van der Waals surface area contributed by atoms with Gasteiger partial charge in [0.1, 0.15) is 0 Å². The number of ether oxygens (including phenoxy) is 1. The van der Waals surface area contributed by atoms with Crippen LogP contribution in [0.2, 0.25) is 0 Å². The third kappa shape index (κ3) is 2.69. The van der Waals surface area contributed by atoms with Crippen LogP contribution in [0.15, 0.2) is 0 Å². The predicted molar refractivity (Wildman–Crippen MR) is 44.2 cm³/mol. The van der Waals surface area contributed by atoms with Gasteiger partial charge in [-0.25, -0.2) is 4.79 Å². The smallest absolute Gasteiger partial charge is 0.394 e. The van der Waals surface area contributed by atoms with Gasteiger partial charge in [-0.15, -0.1) is 0 Å². The van der Waals surface area contributed by atoms with E-state index >= 15 is 0 Å². The summed E-state index contributed by atoms with van der Waals surface area (Å²) in [5.74, 6) is -2.43. The van der Waals surface area contributed by atoms with Crippen LogP contribution in [-0.4, -0.2) is 35.7 Å². The molecule has 0 aromatic carbocycles. The molecular formula is C8H13NO4. The summed E-state index contributed by atoms with van der Waals surface area (Å²) in [5, 5.41) is 10.6. The highest BCUT2D eigenvalue weighted by Crippen LogP contribution is 2.23. The quantitative estimate of drug-likeness (QED) is 0.585. The highest BCUT2D eigenvalue weighted by molar-refractivity contribution is 6.31. The molecule has 0 aromatic heterocycles. The Labute approximate surface area is 76.1 Å². The second kappa shape index (κ2) is 3.74. The van der Waals surface area contributed by atoms with Crippen molar-refractivity contribution in [1.82, 2.24) is 5.32 Å². The fraction of sp³-hybridized carbons (Fsp3) is 0.750. The monoisotopic (exact) mass is 187 g/mol. The summed E-state index contributed by atoms with van der Waals surface area (Å²) in [6, 6.07) is 0. The van der Waals surface area contributed by atoms with E-state index in [4.69, 9.17) is 9.84 Å². The van der Waals surface area contributed by atoms with Crippen LogP contribution in [0, 0.1) is 0 Å². The first-order chi connectivity index (χ1) is 6.03. The van der Waals surface area contributed by atoms with Crippen LogP contribution in [0.1, 0.15) is 19.8 Å². The zero-order valence-electron chi connectivity index (χ0n) is 7.50. The maximum absolute atomic E-state index is 10.7. The Balaban J connectivity index is 2.33. The van der Waals surface area contributed by atoms with E-state index in [0.29, 0.717) is 6.61 Å². The molecule has 1 atom stereocenters. The van der Waals surface area contributed by atoms with Gasteiger partial charge in [0, 0.05) is 13.2 Å². The molecule has 0 aliphatic carbocycles. The first-order valence-electron chi connectivity index (χ1n) is 4.19. The molecular weight excluding hydrogens is 174 g/mol. The Kier molecular flexibility index (Phi) is 2.87.